The molecule has 0 aliphatic rings. The summed E-state index contributed by atoms with van der Waals surface area (Å²) in [7, 11) is -0.883. The first-order chi connectivity index (χ1) is 12.2. The van der Waals surface area contributed by atoms with E-state index in [1.807, 2.05) is 0 Å². The molecule has 0 bridgehead atoms. The van der Waals surface area contributed by atoms with E-state index in [0.29, 0.717) is 5.56 Å². The predicted molar refractivity (Wildman–Crippen MR) is 92.0 cm³/mol. The van der Waals surface area contributed by atoms with Crippen LogP contribution < -0.4 is 10.0 Å². The number of hydrogen-bond donors (Lipinski definition) is 3. The molecular formula is C15H18N4O6S. The second-order valence-corrected chi connectivity index (χ2v) is 7.34. The Morgan fingerprint density at radius 1 is 1.35 bits per heavy atom. The molecule has 2 rings (SSSR count). The molecule has 0 aliphatic carbocycles. The summed E-state index contributed by atoms with van der Waals surface area (Å²) in [5, 5.41) is 23.2. The van der Waals surface area contributed by atoms with Gasteiger partial charge in [0.25, 0.3) is 11.6 Å². The van der Waals surface area contributed by atoms with Crippen LogP contribution in [0.5, 0.6) is 0 Å². The molecule has 1 heterocycles. The minimum absolute atomic E-state index is 0.0523. The highest BCUT2D eigenvalue weighted by Gasteiger charge is 2.20. The predicted octanol–water partition coefficient (Wildman–Crippen LogP) is 0.305. The van der Waals surface area contributed by atoms with Crippen LogP contribution in [0.15, 0.2) is 41.4 Å². The maximum absolute atomic E-state index is 12.2. The number of nitro benzene ring substituents is 1. The average molecular weight is 382 g/mol. The molecule has 26 heavy (non-hydrogen) atoms. The minimum Gasteiger partial charge on any atom is -0.387 e. The first-order valence-electron chi connectivity index (χ1n) is 7.46. The highest BCUT2D eigenvalue weighted by atomic mass is 32.2. The molecule has 0 fully saturated rings. The van der Waals surface area contributed by atoms with E-state index in [1.165, 1.54) is 55.2 Å². The Hall–Kier alpha value is -2.76. The van der Waals surface area contributed by atoms with Gasteiger partial charge < -0.3 is 15.0 Å². The summed E-state index contributed by atoms with van der Waals surface area (Å²) >= 11 is 0. The molecule has 0 spiro atoms. The van der Waals surface area contributed by atoms with Gasteiger partial charge >= 0.3 is 0 Å². The number of sulfonamides is 1. The zero-order chi connectivity index (χ0) is 19.5. The van der Waals surface area contributed by atoms with Gasteiger partial charge in [0.05, 0.1) is 11.0 Å². The number of nitrogens with zero attached hydrogens (tertiary/aromatic N) is 2. The standard InChI is InChI=1S/C15H18N4O6S/c1-16-26(24,25)12-7-13(18(2)9-12)15(21)17-8-14(20)10-3-5-11(6-4-10)19(22)23/h3-7,9,14,16,20H,8H2,1-2H3,(H,17,21). The number of non-ortho nitro benzene ring substituents is 1. The molecule has 1 aromatic carbocycles. The highest BCUT2D eigenvalue weighted by Crippen LogP contribution is 2.18. The molecule has 2 aromatic rings. The van der Waals surface area contributed by atoms with Crippen molar-refractivity contribution in [2.45, 2.75) is 11.0 Å². The van der Waals surface area contributed by atoms with Crippen LogP contribution in [0, 0.1) is 10.1 Å². The molecule has 1 aromatic heterocycles. The van der Waals surface area contributed by atoms with Gasteiger partial charge in [-0.3, -0.25) is 14.9 Å². The number of aryl methyl sites for hydroxylation is 1. The van der Waals surface area contributed by atoms with Gasteiger partial charge in [0.15, 0.2) is 0 Å². The number of benzene rings is 1. The summed E-state index contributed by atoms with van der Waals surface area (Å²) in [6.07, 6.45) is 0.230. The Morgan fingerprint density at radius 2 is 1.96 bits per heavy atom. The Morgan fingerprint density at radius 3 is 2.50 bits per heavy atom. The van der Waals surface area contributed by atoms with E-state index >= 15 is 0 Å². The van der Waals surface area contributed by atoms with E-state index in [0.717, 1.165) is 0 Å². The van der Waals surface area contributed by atoms with Gasteiger partial charge in [0.2, 0.25) is 10.0 Å². The number of nitrogens with one attached hydrogen (secondary N) is 2. The lowest BCUT2D eigenvalue weighted by Crippen LogP contribution is -2.29. The summed E-state index contributed by atoms with van der Waals surface area (Å²) in [5.74, 6) is -0.564. The zero-order valence-electron chi connectivity index (χ0n) is 14.0. The van der Waals surface area contributed by atoms with Crippen molar-refractivity contribution in [1.82, 2.24) is 14.6 Å². The third-order valence-corrected chi connectivity index (χ3v) is 5.12. The number of aromatic nitrogens is 1. The monoisotopic (exact) mass is 382 g/mol. The van der Waals surface area contributed by atoms with E-state index < -0.39 is 27.0 Å². The fraction of sp³-hybridized carbons (Fsp3) is 0.267. The number of aliphatic hydroxyl groups excluding tert-OH is 1. The van der Waals surface area contributed by atoms with E-state index in [9.17, 15) is 28.4 Å². The van der Waals surface area contributed by atoms with Crippen LogP contribution in [0.3, 0.4) is 0 Å². The number of nitro groups is 1. The molecule has 0 radical (unpaired) electrons. The summed E-state index contributed by atoms with van der Waals surface area (Å²) < 4.78 is 27.1. The van der Waals surface area contributed by atoms with Gasteiger partial charge in [0, 0.05) is 31.9 Å². The number of carbonyl (C=O) groups excluding carboxylic acids is 1. The van der Waals surface area contributed by atoms with Crippen molar-refractivity contribution in [3.8, 4) is 0 Å². The third kappa shape index (κ3) is 4.25. The van der Waals surface area contributed by atoms with Crippen molar-refractivity contribution in [3.05, 3.63) is 57.9 Å². The van der Waals surface area contributed by atoms with Crippen LogP contribution in [0.25, 0.3) is 0 Å². The van der Waals surface area contributed by atoms with E-state index in [2.05, 4.69) is 10.0 Å². The maximum Gasteiger partial charge on any atom is 0.269 e. The summed E-state index contributed by atoms with van der Waals surface area (Å²) in [6.45, 7) is -0.143. The van der Waals surface area contributed by atoms with E-state index in [1.54, 1.807) is 0 Å². The molecule has 1 unspecified atom stereocenters. The Kier molecular flexibility index (Phi) is 5.75. The molecule has 0 aliphatic heterocycles. The van der Waals surface area contributed by atoms with Crippen molar-refractivity contribution in [1.29, 1.82) is 0 Å². The number of hydrogen-bond acceptors (Lipinski definition) is 6. The fourth-order valence-corrected chi connectivity index (χ4v) is 3.04. The Bertz CT molecular complexity index is 920. The van der Waals surface area contributed by atoms with Gasteiger partial charge in [-0.15, -0.1) is 0 Å². The van der Waals surface area contributed by atoms with Crippen LogP contribution in [0.2, 0.25) is 0 Å². The second-order valence-electron chi connectivity index (χ2n) is 5.45. The molecule has 10 nitrogen and oxygen atoms in total. The van der Waals surface area contributed by atoms with Crippen molar-refractivity contribution >= 4 is 21.6 Å². The quantitative estimate of drug-likeness (QED) is 0.464. The summed E-state index contributed by atoms with van der Waals surface area (Å²) in [5.41, 5.74) is 0.406. The SMILES string of the molecule is CNS(=O)(=O)c1cc(C(=O)NCC(O)c2ccc([N+](=O)[O-])cc2)n(C)c1. The first kappa shape index (κ1) is 19.6. The van der Waals surface area contributed by atoms with Gasteiger partial charge in [-0.05, 0) is 30.8 Å². The van der Waals surface area contributed by atoms with Crippen LogP contribution in [0.4, 0.5) is 5.69 Å². The number of aliphatic hydroxyl groups is 1. The van der Waals surface area contributed by atoms with E-state index in [-0.39, 0.29) is 22.8 Å². The largest absolute Gasteiger partial charge is 0.387 e. The third-order valence-electron chi connectivity index (χ3n) is 3.74. The van der Waals surface area contributed by atoms with Crippen LogP contribution in [0.1, 0.15) is 22.2 Å². The number of rotatable bonds is 7. The van der Waals surface area contributed by atoms with Crippen LogP contribution in [-0.4, -0.2) is 42.5 Å². The molecule has 140 valence electrons. The number of carbonyl (C=O) groups is 1. The molecule has 11 heteroatoms. The van der Waals surface area contributed by atoms with Crippen molar-refractivity contribution < 1.29 is 23.2 Å². The minimum atomic E-state index is -3.67. The normalized spacial score (nSPS) is 12.6. The average Bonchev–Trinajstić information content (AvgIpc) is 3.02. The zero-order valence-corrected chi connectivity index (χ0v) is 14.9. The van der Waals surface area contributed by atoms with Gasteiger partial charge in [0.1, 0.15) is 10.6 Å². The van der Waals surface area contributed by atoms with Crippen molar-refractivity contribution in [3.63, 3.8) is 0 Å². The Labute approximate surface area is 149 Å². The summed E-state index contributed by atoms with van der Waals surface area (Å²) in [4.78, 5) is 22.2. The van der Waals surface area contributed by atoms with Crippen molar-refractivity contribution in [2.24, 2.45) is 7.05 Å². The topological polar surface area (TPSA) is 144 Å². The lowest BCUT2D eigenvalue weighted by atomic mass is 10.1. The molecular weight excluding hydrogens is 364 g/mol. The molecule has 0 saturated heterocycles. The van der Waals surface area contributed by atoms with Crippen molar-refractivity contribution in [2.75, 3.05) is 13.6 Å². The smallest absolute Gasteiger partial charge is 0.269 e. The maximum atomic E-state index is 12.2. The van der Waals surface area contributed by atoms with Gasteiger partial charge in [-0.25, -0.2) is 13.1 Å². The highest BCUT2D eigenvalue weighted by molar-refractivity contribution is 7.89. The first-order valence-corrected chi connectivity index (χ1v) is 8.94. The van der Waals surface area contributed by atoms with E-state index in [4.69, 9.17) is 0 Å². The Balaban J connectivity index is 2.05. The summed E-state index contributed by atoms with van der Waals surface area (Å²) in [6, 6.07) is 6.53. The van der Waals surface area contributed by atoms with Crippen LogP contribution in [-0.2, 0) is 17.1 Å². The lowest BCUT2D eigenvalue weighted by Gasteiger charge is -2.12. The molecule has 3 N–H and O–H groups in total. The fourth-order valence-electron chi connectivity index (χ4n) is 2.24. The van der Waals surface area contributed by atoms with Gasteiger partial charge in [-0.1, -0.05) is 0 Å². The molecule has 0 saturated carbocycles. The number of amides is 1. The lowest BCUT2D eigenvalue weighted by molar-refractivity contribution is -0.384. The second kappa shape index (κ2) is 7.64. The molecule has 1 amide bonds. The molecule has 1 atom stereocenters. The van der Waals surface area contributed by atoms with Gasteiger partial charge in [-0.2, -0.15) is 0 Å². The van der Waals surface area contributed by atoms with Crippen LogP contribution >= 0.6 is 0 Å².